The second kappa shape index (κ2) is 7.28. The van der Waals surface area contributed by atoms with Gasteiger partial charge in [-0.1, -0.05) is 12.1 Å². The van der Waals surface area contributed by atoms with Crippen molar-refractivity contribution < 1.29 is 4.79 Å². The van der Waals surface area contributed by atoms with Gasteiger partial charge in [0.15, 0.2) is 0 Å². The summed E-state index contributed by atoms with van der Waals surface area (Å²) in [6.45, 7) is 3.70. The second-order valence-corrected chi connectivity index (χ2v) is 7.32. The summed E-state index contributed by atoms with van der Waals surface area (Å²) >= 11 is 1.45. The van der Waals surface area contributed by atoms with Crippen molar-refractivity contribution in [3.05, 3.63) is 81.7 Å². The Bertz CT molecular complexity index is 1230. The molecular formula is C21H18N4O2S. The number of thiophene rings is 1. The van der Waals surface area contributed by atoms with Gasteiger partial charge in [0, 0.05) is 5.69 Å². The fourth-order valence-electron chi connectivity index (χ4n) is 3.09. The number of hydrogen-bond acceptors (Lipinski definition) is 4. The molecule has 0 spiro atoms. The fraction of sp³-hybridized carbons (Fsp3) is 0.0952. The molecule has 2 N–H and O–H groups in total. The molecule has 2 amide bonds. The van der Waals surface area contributed by atoms with Crippen molar-refractivity contribution in [2.24, 2.45) is 0 Å². The lowest BCUT2D eigenvalue weighted by molar-refractivity contribution is 0.262. The van der Waals surface area contributed by atoms with Crippen LogP contribution in [0.4, 0.5) is 15.5 Å². The molecule has 2 aromatic carbocycles. The van der Waals surface area contributed by atoms with Gasteiger partial charge in [-0.05, 0) is 67.3 Å². The molecule has 0 aliphatic rings. The summed E-state index contributed by atoms with van der Waals surface area (Å²) in [5.74, 6) is 0.610. The number of fused-ring (bicyclic) bond motifs is 1. The number of amides is 2. The SMILES string of the molecule is Cc1cc(-n2c(C)nc3ccccc3c2=O)ccc1NC(=O)Nc1cccs1. The Balaban J connectivity index is 1.66. The number of aryl methyl sites for hydroxylation is 2. The molecule has 4 aromatic rings. The van der Waals surface area contributed by atoms with E-state index in [1.807, 2.05) is 55.6 Å². The highest BCUT2D eigenvalue weighted by molar-refractivity contribution is 7.14. The number of nitrogens with one attached hydrogen (secondary N) is 2. The summed E-state index contributed by atoms with van der Waals surface area (Å²) in [5.41, 5.74) is 2.80. The zero-order valence-corrected chi connectivity index (χ0v) is 16.2. The lowest BCUT2D eigenvalue weighted by atomic mass is 10.1. The summed E-state index contributed by atoms with van der Waals surface area (Å²) in [5, 5.41) is 8.87. The molecule has 0 unspecified atom stereocenters. The number of aromatic nitrogens is 2. The Morgan fingerprint density at radius 1 is 1.04 bits per heavy atom. The highest BCUT2D eigenvalue weighted by atomic mass is 32.1. The van der Waals surface area contributed by atoms with Crippen molar-refractivity contribution >= 4 is 39.0 Å². The van der Waals surface area contributed by atoms with Gasteiger partial charge >= 0.3 is 6.03 Å². The number of nitrogens with zero attached hydrogens (tertiary/aromatic N) is 2. The van der Waals surface area contributed by atoms with Gasteiger partial charge in [0.1, 0.15) is 5.82 Å². The van der Waals surface area contributed by atoms with E-state index in [-0.39, 0.29) is 11.6 Å². The molecule has 0 radical (unpaired) electrons. The van der Waals surface area contributed by atoms with Gasteiger partial charge in [-0.3, -0.25) is 14.7 Å². The molecule has 28 heavy (non-hydrogen) atoms. The third kappa shape index (κ3) is 3.39. The van der Waals surface area contributed by atoms with Gasteiger partial charge in [0.05, 0.1) is 21.6 Å². The number of anilines is 2. The predicted octanol–water partition coefficient (Wildman–Crippen LogP) is 4.71. The predicted molar refractivity (Wildman–Crippen MR) is 114 cm³/mol. The Kier molecular flexibility index (Phi) is 4.67. The first-order valence-corrected chi connectivity index (χ1v) is 9.62. The van der Waals surface area contributed by atoms with E-state index >= 15 is 0 Å². The molecule has 6 nitrogen and oxygen atoms in total. The highest BCUT2D eigenvalue weighted by Crippen LogP contribution is 2.21. The Hall–Kier alpha value is -3.45. The van der Waals surface area contributed by atoms with Gasteiger partial charge < -0.3 is 5.32 Å². The Morgan fingerprint density at radius 3 is 2.61 bits per heavy atom. The van der Waals surface area contributed by atoms with Crippen LogP contribution in [0.2, 0.25) is 0 Å². The quantitative estimate of drug-likeness (QED) is 0.532. The molecule has 2 aromatic heterocycles. The van der Waals surface area contributed by atoms with Crippen LogP contribution in [0.3, 0.4) is 0 Å². The molecule has 0 atom stereocenters. The van der Waals surface area contributed by atoms with E-state index < -0.39 is 0 Å². The molecular weight excluding hydrogens is 372 g/mol. The molecule has 140 valence electrons. The van der Waals surface area contributed by atoms with Crippen LogP contribution in [-0.4, -0.2) is 15.6 Å². The number of urea groups is 1. The largest absolute Gasteiger partial charge is 0.324 e. The Labute approximate surface area is 165 Å². The number of benzene rings is 2. The van der Waals surface area contributed by atoms with Gasteiger partial charge in [0.2, 0.25) is 0 Å². The second-order valence-electron chi connectivity index (χ2n) is 6.37. The van der Waals surface area contributed by atoms with Crippen LogP contribution < -0.4 is 16.2 Å². The van der Waals surface area contributed by atoms with Crippen molar-refractivity contribution in [1.82, 2.24) is 9.55 Å². The number of hydrogen-bond donors (Lipinski definition) is 2. The maximum atomic E-state index is 12.9. The van der Waals surface area contributed by atoms with Crippen molar-refractivity contribution in [3.63, 3.8) is 0 Å². The van der Waals surface area contributed by atoms with E-state index in [1.165, 1.54) is 11.3 Å². The normalized spacial score (nSPS) is 10.8. The number of para-hydroxylation sites is 1. The topological polar surface area (TPSA) is 76.0 Å². The first-order valence-electron chi connectivity index (χ1n) is 8.74. The maximum Gasteiger partial charge on any atom is 0.324 e. The molecule has 0 aliphatic carbocycles. The van der Waals surface area contributed by atoms with E-state index in [9.17, 15) is 9.59 Å². The molecule has 0 fully saturated rings. The van der Waals surface area contributed by atoms with Gasteiger partial charge in [0.25, 0.3) is 5.56 Å². The number of carbonyl (C=O) groups excluding carboxylic acids is 1. The minimum absolute atomic E-state index is 0.112. The third-order valence-corrected chi connectivity index (χ3v) is 5.20. The van der Waals surface area contributed by atoms with Gasteiger partial charge in [-0.2, -0.15) is 0 Å². The van der Waals surface area contributed by atoms with E-state index in [2.05, 4.69) is 15.6 Å². The van der Waals surface area contributed by atoms with Crippen LogP contribution in [0.1, 0.15) is 11.4 Å². The zero-order valence-electron chi connectivity index (χ0n) is 15.4. The molecule has 7 heteroatoms. The van der Waals surface area contributed by atoms with Crippen LogP contribution in [0.25, 0.3) is 16.6 Å². The standard InChI is InChI=1S/C21H18N4O2S/c1-13-12-15(9-10-17(13)23-21(27)24-19-8-5-11-28-19)25-14(2)22-18-7-4-3-6-16(18)20(25)26/h3-12H,1-2H3,(H2,23,24,27). The summed E-state index contributed by atoms with van der Waals surface area (Å²) in [6.07, 6.45) is 0. The van der Waals surface area contributed by atoms with Crippen molar-refractivity contribution in [1.29, 1.82) is 0 Å². The van der Waals surface area contributed by atoms with Crippen molar-refractivity contribution in [3.8, 4) is 5.69 Å². The highest BCUT2D eigenvalue weighted by Gasteiger charge is 2.12. The molecule has 2 heterocycles. The maximum absolute atomic E-state index is 12.9. The third-order valence-electron chi connectivity index (χ3n) is 4.42. The molecule has 0 saturated heterocycles. The van der Waals surface area contributed by atoms with Crippen LogP contribution in [0.5, 0.6) is 0 Å². The lowest BCUT2D eigenvalue weighted by Crippen LogP contribution is -2.23. The van der Waals surface area contributed by atoms with Crippen LogP contribution in [0, 0.1) is 13.8 Å². The summed E-state index contributed by atoms with van der Waals surface area (Å²) in [6, 6.07) is 16.2. The minimum Gasteiger partial charge on any atom is -0.307 e. The Morgan fingerprint density at radius 2 is 1.86 bits per heavy atom. The minimum atomic E-state index is -0.306. The van der Waals surface area contributed by atoms with Crippen molar-refractivity contribution in [2.75, 3.05) is 10.6 Å². The van der Waals surface area contributed by atoms with Gasteiger partial charge in [-0.25, -0.2) is 9.78 Å². The van der Waals surface area contributed by atoms with Crippen molar-refractivity contribution in [2.45, 2.75) is 13.8 Å². The number of rotatable bonds is 3. The smallest absolute Gasteiger partial charge is 0.307 e. The molecule has 0 aliphatic heterocycles. The summed E-state index contributed by atoms with van der Waals surface area (Å²) < 4.78 is 1.59. The summed E-state index contributed by atoms with van der Waals surface area (Å²) in [4.78, 5) is 29.6. The molecule has 0 bridgehead atoms. The molecule has 4 rings (SSSR count). The van der Waals surface area contributed by atoms with Crippen LogP contribution in [-0.2, 0) is 0 Å². The van der Waals surface area contributed by atoms with Crippen LogP contribution >= 0.6 is 11.3 Å². The zero-order chi connectivity index (χ0) is 19.7. The number of carbonyl (C=O) groups is 1. The monoisotopic (exact) mass is 390 g/mol. The molecule has 0 saturated carbocycles. The van der Waals surface area contributed by atoms with E-state index in [0.29, 0.717) is 28.1 Å². The average Bonchev–Trinajstić information content (AvgIpc) is 3.17. The van der Waals surface area contributed by atoms with Crippen LogP contribution in [0.15, 0.2) is 64.8 Å². The first kappa shape index (κ1) is 17.9. The van der Waals surface area contributed by atoms with E-state index in [1.54, 1.807) is 22.8 Å². The lowest BCUT2D eigenvalue weighted by Gasteiger charge is -2.14. The van der Waals surface area contributed by atoms with E-state index in [4.69, 9.17) is 0 Å². The average molecular weight is 390 g/mol. The first-order chi connectivity index (χ1) is 13.5. The fourth-order valence-corrected chi connectivity index (χ4v) is 3.70. The van der Waals surface area contributed by atoms with Gasteiger partial charge in [-0.15, -0.1) is 11.3 Å². The summed E-state index contributed by atoms with van der Waals surface area (Å²) in [7, 11) is 0. The van der Waals surface area contributed by atoms with E-state index in [0.717, 1.165) is 10.6 Å².